The van der Waals surface area contributed by atoms with Gasteiger partial charge in [-0.2, -0.15) is 0 Å². The molecule has 2 unspecified atom stereocenters. The van der Waals surface area contributed by atoms with E-state index in [-0.39, 0.29) is 15.7 Å². The van der Waals surface area contributed by atoms with E-state index in [1.54, 1.807) is 0 Å². The summed E-state index contributed by atoms with van der Waals surface area (Å²) in [5.74, 6) is 2.07. The fourth-order valence-corrected chi connectivity index (χ4v) is 12.9. The Hall–Kier alpha value is -2.60. The van der Waals surface area contributed by atoms with E-state index in [2.05, 4.69) is 102 Å². The van der Waals surface area contributed by atoms with Gasteiger partial charge in [0.1, 0.15) is 11.5 Å². The molecule has 2 atom stereocenters. The Morgan fingerprint density at radius 1 is 0.595 bits per heavy atom. The number of nitrogens with zero attached hydrogens (tertiary/aromatic N) is 2. The zero-order chi connectivity index (χ0) is 26.0. The first kappa shape index (κ1) is 24.7. The van der Waals surface area contributed by atoms with Gasteiger partial charge in [0.05, 0.1) is 10.9 Å². The minimum absolute atomic E-state index is 0.0300. The van der Waals surface area contributed by atoms with Gasteiger partial charge in [-0.3, -0.25) is 9.97 Å². The molecule has 4 aromatic rings. The fraction of sp³-hybridized carbons (Fsp3) is 0.312. The first-order valence-corrected chi connectivity index (χ1v) is 15.7. The number of para-hydroxylation sites is 2. The molecule has 188 valence electrons. The van der Waals surface area contributed by atoms with Crippen LogP contribution in [0.3, 0.4) is 0 Å². The maximum absolute atomic E-state index is 7.12. The van der Waals surface area contributed by atoms with Gasteiger partial charge in [0, 0.05) is 39.5 Å². The van der Waals surface area contributed by atoms with Crippen molar-refractivity contribution in [2.75, 3.05) is 0 Å². The van der Waals surface area contributed by atoms with Crippen LogP contribution in [0.5, 0.6) is 11.5 Å². The fourth-order valence-electron chi connectivity index (χ4n) is 6.56. The van der Waals surface area contributed by atoms with E-state index >= 15 is 0 Å². The number of benzene rings is 2. The summed E-state index contributed by atoms with van der Waals surface area (Å²) in [5, 5.41) is 2.53. The molecular formula is C32H34N2OP2. The third-order valence-corrected chi connectivity index (χ3v) is 13.7. The summed E-state index contributed by atoms with van der Waals surface area (Å²) in [6.45, 7) is 14.4. The van der Waals surface area contributed by atoms with E-state index in [1.807, 2.05) is 24.5 Å². The van der Waals surface area contributed by atoms with Crippen LogP contribution in [0.1, 0.15) is 59.1 Å². The van der Waals surface area contributed by atoms with Crippen molar-refractivity contribution in [1.82, 2.24) is 9.97 Å². The van der Waals surface area contributed by atoms with Crippen LogP contribution in [-0.2, 0) is 5.41 Å². The van der Waals surface area contributed by atoms with Crippen molar-refractivity contribution in [3.05, 3.63) is 96.3 Å². The van der Waals surface area contributed by atoms with E-state index in [0.29, 0.717) is 0 Å². The van der Waals surface area contributed by atoms with Crippen molar-refractivity contribution in [3.63, 3.8) is 0 Å². The molecule has 0 N–H and O–H groups in total. The van der Waals surface area contributed by atoms with E-state index in [4.69, 9.17) is 14.7 Å². The Morgan fingerprint density at radius 2 is 1.05 bits per heavy atom. The average molecular weight is 525 g/mol. The Morgan fingerprint density at radius 3 is 1.46 bits per heavy atom. The highest BCUT2D eigenvalue weighted by molar-refractivity contribution is 7.75. The summed E-state index contributed by atoms with van der Waals surface area (Å²) in [6.07, 6.45) is 4.92. The number of aromatic nitrogens is 2. The molecule has 0 aliphatic carbocycles. The molecule has 2 bridgehead atoms. The predicted molar refractivity (Wildman–Crippen MR) is 159 cm³/mol. The van der Waals surface area contributed by atoms with Crippen molar-refractivity contribution < 1.29 is 4.74 Å². The largest absolute Gasteiger partial charge is 0.455 e. The van der Waals surface area contributed by atoms with Crippen LogP contribution in [0, 0.1) is 0 Å². The first-order chi connectivity index (χ1) is 17.6. The van der Waals surface area contributed by atoms with Crippen molar-refractivity contribution >= 4 is 37.3 Å². The molecule has 3 nitrogen and oxygen atoms in total. The van der Waals surface area contributed by atoms with E-state index in [9.17, 15) is 0 Å². The van der Waals surface area contributed by atoms with Gasteiger partial charge in [0.2, 0.25) is 0 Å². The van der Waals surface area contributed by atoms with Gasteiger partial charge >= 0.3 is 0 Å². The van der Waals surface area contributed by atoms with E-state index in [0.717, 1.165) is 28.8 Å². The lowest BCUT2D eigenvalue weighted by atomic mass is 9.76. The monoisotopic (exact) mass is 524 g/mol. The molecule has 6 rings (SSSR count). The first-order valence-electron chi connectivity index (χ1n) is 13.0. The standard InChI is InChI=1S/C32H34N2OP2/c1-30(2)21-31(3,4)37(27-18-8-10-20-34-27)25-16-12-14-23-29(25)35-28-22(32(23,5)6)13-11-15-24(28)36(30)26-17-7-9-19-33-26/h7-20H,21H2,1-6H3. The molecule has 0 fully saturated rings. The maximum atomic E-state index is 7.12. The predicted octanol–water partition coefficient (Wildman–Crippen LogP) is 6.73. The SMILES string of the molecule is CC1(C)c2cccc3c2Oc2c(cccc21)P(c1ccccn1)C(C)(C)CC(C)(C)P3c1ccccn1. The Balaban J connectivity index is 1.72. The van der Waals surface area contributed by atoms with Crippen LogP contribution in [0.4, 0.5) is 0 Å². The molecule has 2 aliphatic heterocycles. The molecule has 2 aromatic carbocycles. The third-order valence-electron chi connectivity index (χ3n) is 7.85. The second kappa shape index (κ2) is 8.72. The Bertz CT molecular complexity index is 1360. The summed E-state index contributed by atoms with van der Waals surface area (Å²) >= 11 is 0. The van der Waals surface area contributed by atoms with Crippen molar-refractivity contribution in [2.24, 2.45) is 0 Å². The lowest BCUT2D eigenvalue weighted by molar-refractivity contribution is 0.423. The Kier molecular flexibility index (Phi) is 5.83. The molecule has 2 aromatic heterocycles. The zero-order valence-corrected chi connectivity index (χ0v) is 24.3. The zero-order valence-electron chi connectivity index (χ0n) is 22.5. The average Bonchev–Trinajstić information content (AvgIpc) is 2.85. The summed E-state index contributed by atoms with van der Waals surface area (Å²) in [6, 6.07) is 26.2. The van der Waals surface area contributed by atoms with E-state index in [1.165, 1.54) is 21.7 Å². The van der Waals surface area contributed by atoms with Crippen molar-refractivity contribution in [1.29, 1.82) is 0 Å². The van der Waals surface area contributed by atoms with Crippen LogP contribution >= 0.6 is 15.8 Å². The van der Waals surface area contributed by atoms with Crippen molar-refractivity contribution in [3.8, 4) is 11.5 Å². The molecule has 4 heterocycles. The van der Waals surface area contributed by atoms with Gasteiger partial charge in [0.15, 0.2) is 0 Å². The maximum Gasteiger partial charge on any atom is 0.139 e. The van der Waals surface area contributed by atoms with E-state index < -0.39 is 15.8 Å². The van der Waals surface area contributed by atoms with Gasteiger partial charge in [-0.15, -0.1) is 0 Å². The van der Waals surface area contributed by atoms with Crippen LogP contribution < -0.4 is 26.2 Å². The quantitative estimate of drug-likeness (QED) is 0.273. The number of hydrogen-bond donors (Lipinski definition) is 0. The lowest BCUT2D eigenvalue weighted by Crippen LogP contribution is -2.42. The van der Waals surface area contributed by atoms with Crippen LogP contribution in [0.15, 0.2) is 85.2 Å². The molecule has 0 radical (unpaired) electrons. The van der Waals surface area contributed by atoms with Crippen LogP contribution in [-0.4, -0.2) is 20.3 Å². The third kappa shape index (κ3) is 3.94. The normalized spacial score (nSPS) is 22.5. The number of ether oxygens (including phenoxy) is 1. The lowest BCUT2D eigenvalue weighted by Gasteiger charge is -2.47. The number of rotatable bonds is 2. The topological polar surface area (TPSA) is 35.0 Å². The minimum atomic E-state index is -0.809. The molecular weight excluding hydrogens is 490 g/mol. The molecule has 0 amide bonds. The van der Waals surface area contributed by atoms with Crippen LogP contribution in [0.25, 0.3) is 0 Å². The molecule has 2 aliphatic rings. The summed E-state index contributed by atoms with van der Waals surface area (Å²) in [4.78, 5) is 9.88. The minimum Gasteiger partial charge on any atom is -0.455 e. The summed E-state index contributed by atoms with van der Waals surface area (Å²) < 4.78 is 7.12. The smallest absolute Gasteiger partial charge is 0.139 e. The molecule has 5 heteroatoms. The molecule has 37 heavy (non-hydrogen) atoms. The molecule has 0 saturated heterocycles. The highest BCUT2D eigenvalue weighted by atomic mass is 31.1. The second-order valence-electron chi connectivity index (χ2n) is 11.9. The van der Waals surface area contributed by atoms with Crippen molar-refractivity contribution in [2.45, 2.75) is 63.7 Å². The Labute approximate surface area is 223 Å². The van der Waals surface area contributed by atoms with Gasteiger partial charge in [-0.05, 0) is 56.8 Å². The van der Waals surface area contributed by atoms with Gasteiger partial charge in [-0.1, -0.05) is 90.1 Å². The highest BCUT2D eigenvalue weighted by Crippen LogP contribution is 2.63. The summed E-state index contributed by atoms with van der Waals surface area (Å²) in [5.41, 5.74) is 4.66. The van der Waals surface area contributed by atoms with Crippen LogP contribution in [0.2, 0.25) is 0 Å². The highest BCUT2D eigenvalue weighted by Gasteiger charge is 2.48. The second-order valence-corrected chi connectivity index (χ2v) is 17.5. The van der Waals surface area contributed by atoms with Gasteiger partial charge < -0.3 is 4.74 Å². The number of hydrogen-bond acceptors (Lipinski definition) is 3. The molecule has 0 spiro atoms. The summed E-state index contributed by atoms with van der Waals surface area (Å²) in [7, 11) is -1.62. The van der Waals surface area contributed by atoms with Gasteiger partial charge in [0.25, 0.3) is 0 Å². The number of pyridine rings is 2. The van der Waals surface area contributed by atoms with Gasteiger partial charge in [-0.25, -0.2) is 0 Å². The molecule has 0 saturated carbocycles.